The van der Waals surface area contributed by atoms with Crippen molar-refractivity contribution >= 4 is 11.6 Å². The van der Waals surface area contributed by atoms with Crippen LogP contribution < -0.4 is 5.32 Å². The summed E-state index contributed by atoms with van der Waals surface area (Å²) in [5.74, 6) is -0.258. The molecule has 0 atom stereocenters. The standard InChI is InChI=1S/C19H20F3N3O/c20-19(21,22)16-4-2-1-3-14(16)12-5-7-25(8-6-12)18(26)17-15-11-23-9-13(15)10-24-17/h1-4,12,23H,5-11H2. The van der Waals surface area contributed by atoms with E-state index in [9.17, 15) is 18.0 Å². The molecule has 4 rings (SSSR count). The summed E-state index contributed by atoms with van der Waals surface area (Å²) in [6, 6.07) is 5.77. The van der Waals surface area contributed by atoms with Crippen LogP contribution in [0.15, 0.2) is 40.4 Å². The molecule has 1 saturated heterocycles. The van der Waals surface area contributed by atoms with Gasteiger partial charge in [-0.2, -0.15) is 13.2 Å². The Hall–Kier alpha value is -2.15. The minimum atomic E-state index is -4.35. The van der Waals surface area contributed by atoms with Gasteiger partial charge in [0.1, 0.15) is 5.71 Å². The average molecular weight is 363 g/mol. The first-order valence-electron chi connectivity index (χ1n) is 8.87. The molecule has 0 bridgehead atoms. The van der Waals surface area contributed by atoms with Gasteiger partial charge in [0.05, 0.1) is 12.1 Å². The van der Waals surface area contributed by atoms with Gasteiger partial charge in [-0.15, -0.1) is 0 Å². The molecular formula is C19H20F3N3O. The number of carbonyl (C=O) groups is 1. The summed E-state index contributed by atoms with van der Waals surface area (Å²) in [7, 11) is 0. The molecular weight excluding hydrogens is 343 g/mol. The second kappa shape index (κ2) is 6.54. The molecule has 0 radical (unpaired) electrons. The van der Waals surface area contributed by atoms with Gasteiger partial charge in [0.2, 0.25) is 0 Å². The molecule has 3 heterocycles. The summed E-state index contributed by atoms with van der Waals surface area (Å²) in [5, 5.41) is 3.23. The number of piperidine rings is 1. The second-order valence-corrected chi connectivity index (χ2v) is 7.00. The Morgan fingerprint density at radius 2 is 1.88 bits per heavy atom. The summed E-state index contributed by atoms with van der Waals surface area (Å²) in [5.41, 5.74) is 2.52. The lowest BCUT2D eigenvalue weighted by atomic mass is 9.86. The van der Waals surface area contributed by atoms with Crippen molar-refractivity contribution in [1.82, 2.24) is 10.2 Å². The van der Waals surface area contributed by atoms with Crippen LogP contribution in [0.3, 0.4) is 0 Å². The van der Waals surface area contributed by atoms with E-state index in [-0.39, 0.29) is 11.8 Å². The summed E-state index contributed by atoms with van der Waals surface area (Å²) < 4.78 is 39.7. The van der Waals surface area contributed by atoms with Crippen molar-refractivity contribution in [2.24, 2.45) is 4.99 Å². The monoisotopic (exact) mass is 363 g/mol. The Labute approximate surface area is 149 Å². The highest BCUT2D eigenvalue weighted by molar-refractivity contribution is 6.46. The van der Waals surface area contributed by atoms with Gasteiger partial charge in [0, 0.05) is 26.2 Å². The predicted molar refractivity (Wildman–Crippen MR) is 92.2 cm³/mol. The minimum Gasteiger partial charge on any atom is -0.337 e. The Morgan fingerprint density at radius 1 is 1.15 bits per heavy atom. The number of nitrogens with zero attached hydrogens (tertiary/aromatic N) is 2. The fraction of sp³-hybridized carbons (Fsp3) is 0.474. The molecule has 138 valence electrons. The van der Waals surface area contributed by atoms with E-state index in [0.717, 1.165) is 18.2 Å². The van der Waals surface area contributed by atoms with Crippen LogP contribution in [0.25, 0.3) is 0 Å². The Morgan fingerprint density at radius 3 is 2.62 bits per heavy atom. The molecule has 0 saturated carbocycles. The number of hydrogen-bond acceptors (Lipinski definition) is 3. The third-order valence-corrected chi connectivity index (χ3v) is 5.47. The second-order valence-electron chi connectivity index (χ2n) is 7.00. The van der Waals surface area contributed by atoms with E-state index >= 15 is 0 Å². The number of amides is 1. The van der Waals surface area contributed by atoms with Crippen LogP contribution in [0.5, 0.6) is 0 Å². The van der Waals surface area contributed by atoms with Gasteiger partial charge < -0.3 is 10.2 Å². The fourth-order valence-electron chi connectivity index (χ4n) is 4.09. The quantitative estimate of drug-likeness (QED) is 0.878. The number of carbonyl (C=O) groups excluding carboxylic acids is 1. The maximum atomic E-state index is 13.2. The molecule has 0 aromatic heterocycles. The number of halogens is 3. The summed E-state index contributed by atoms with van der Waals surface area (Å²) in [6.45, 7) is 2.97. The first-order valence-corrected chi connectivity index (χ1v) is 8.87. The number of hydrogen-bond donors (Lipinski definition) is 1. The molecule has 0 spiro atoms. The number of nitrogens with one attached hydrogen (secondary N) is 1. The number of rotatable bonds is 2. The third kappa shape index (κ3) is 3.05. The smallest absolute Gasteiger partial charge is 0.337 e. The molecule has 0 unspecified atom stereocenters. The van der Waals surface area contributed by atoms with Gasteiger partial charge in [0.25, 0.3) is 5.91 Å². The molecule has 3 aliphatic rings. The zero-order valence-electron chi connectivity index (χ0n) is 14.3. The van der Waals surface area contributed by atoms with Crippen LogP contribution in [0.1, 0.15) is 29.9 Å². The van der Waals surface area contributed by atoms with E-state index in [1.807, 2.05) is 0 Å². The van der Waals surface area contributed by atoms with E-state index in [1.165, 1.54) is 11.6 Å². The predicted octanol–water partition coefficient (Wildman–Crippen LogP) is 2.77. The lowest BCUT2D eigenvalue weighted by Crippen LogP contribution is -2.42. The van der Waals surface area contributed by atoms with Gasteiger partial charge in [-0.3, -0.25) is 9.79 Å². The number of alkyl halides is 3. The average Bonchev–Trinajstić information content (AvgIpc) is 3.24. The largest absolute Gasteiger partial charge is 0.416 e. The van der Waals surface area contributed by atoms with Crippen molar-refractivity contribution in [1.29, 1.82) is 0 Å². The van der Waals surface area contributed by atoms with Gasteiger partial charge in [-0.05, 0) is 41.5 Å². The summed E-state index contributed by atoms with van der Waals surface area (Å²) in [6.07, 6.45) is -3.27. The maximum Gasteiger partial charge on any atom is 0.416 e. The van der Waals surface area contributed by atoms with Crippen molar-refractivity contribution in [2.45, 2.75) is 24.9 Å². The third-order valence-electron chi connectivity index (χ3n) is 5.47. The van der Waals surface area contributed by atoms with Gasteiger partial charge >= 0.3 is 6.18 Å². The molecule has 7 heteroatoms. The number of benzene rings is 1. The zero-order chi connectivity index (χ0) is 18.3. The van der Waals surface area contributed by atoms with Crippen LogP contribution >= 0.6 is 0 Å². The van der Waals surface area contributed by atoms with Gasteiger partial charge in [-0.1, -0.05) is 18.2 Å². The Balaban J connectivity index is 1.45. The van der Waals surface area contributed by atoms with E-state index in [4.69, 9.17) is 0 Å². The highest BCUT2D eigenvalue weighted by atomic mass is 19.4. The first-order chi connectivity index (χ1) is 12.4. The van der Waals surface area contributed by atoms with E-state index < -0.39 is 11.7 Å². The normalized spacial score (nSPS) is 21.2. The molecule has 1 fully saturated rings. The van der Waals surface area contributed by atoms with Crippen molar-refractivity contribution in [3.63, 3.8) is 0 Å². The molecule has 1 N–H and O–H groups in total. The van der Waals surface area contributed by atoms with Crippen LogP contribution in [0.4, 0.5) is 13.2 Å². The molecule has 1 amide bonds. The fourth-order valence-corrected chi connectivity index (χ4v) is 4.09. The van der Waals surface area contributed by atoms with Crippen LogP contribution in [-0.4, -0.2) is 49.2 Å². The lowest BCUT2D eigenvalue weighted by Gasteiger charge is -2.33. The zero-order valence-corrected chi connectivity index (χ0v) is 14.3. The van der Waals surface area contributed by atoms with Gasteiger partial charge in [-0.25, -0.2) is 0 Å². The van der Waals surface area contributed by atoms with E-state index in [2.05, 4.69) is 10.3 Å². The summed E-state index contributed by atoms with van der Waals surface area (Å²) >= 11 is 0. The number of likely N-dealkylation sites (tertiary alicyclic amines) is 1. The Kier molecular flexibility index (Phi) is 4.34. The Bertz CT molecular complexity index is 789. The molecule has 4 nitrogen and oxygen atoms in total. The summed E-state index contributed by atoms with van der Waals surface area (Å²) in [4.78, 5) is 18.9. The molecule has 1 aromatic rings. The topological polar surface area (TPSA) is 44.7 Å². The van der Waals surface area contributed by atoms with Crippen molar-refractivity contribution in [2.75, 3.05) is 32.7 Å². The molecule has 26 heavy (non-hydrogen) atoms. The van der Waals surface area contributed by atoms with Crippen molar-refractivity contribution in [3.8, 4) is 0 Å². The van der Waals surface area contributed by atoms with Crippen LogP contribution in [0.2, 0.25) is 0 Å². The maximum absolute atomic E-state index is 13.2. The highest BCUT2D eigenvalue weighted by Crippen LogP contribution is 2.38. The van der Waals surface area contributed by atoms with Crippen molar-refractivity contribution < 1.29 is 18.0 Å². The minimum absolute atomic E-state index is 0.0822. The first kappa shape index (κ1) is 17.3. The number of aliphatic imine (C=N–C) groups is 1. The lowest BCUT2D eigenvalue weighted by molar-refractivity contribution is -0.138. The SMILES string of the molecule is O=C(C1=NCC2=C1CNC2)N1CCC(c2ccccc2C(F)(F)F)CC1. The van der Waals surface area contributed by atoms with E-state index in [1.54, 1.807) is 17.0 Å². The molecule has 3 aliphatic heterocycles. The van der Waals surface area contributed by atoms with Crippen LogP contribution in [0, 0.1) is 0 Å². The van der Waals surface area contributed by atoms with Crippen molar-refractivity contribution in [3.05, 3.63) is 46.5 Å². The van der Waals surface area contributed by atoms with Gasteiger partial charge in [0.15, 0.2) is 0 Å². The highest BCUT2D eigenvalue weighted by Gasteiger charge is 2.37. The van der Waals surface area contributed by atoms with E-state index in [0.29, 0.717) is 50.3 Å². The van der Waals surface area contributed by atoms with Crippen LogP contribution in [-0.2, 0) is 11.0 Å². The molecule has 1 aromatic carbocycles. The molecule has 0 aliphatic carbocycles.